The monoisotopic (exact) mass is 181 g/mol. The molecule has 0 aromatic carbocycles. The third-order valence-corrected chi connectivity index (χ3v) is 2.57. The van der Waals surface area contributed by atoms with Crippen molar-refractivity contribution in [2.45, 2.75) is 24.9 Å². The Morgan fingerprint density at radius 2 is 2.38 bits per heavy atom. The predicted octanol–water partition coefficient (Wildman–Crippen LogP) is 0.725. The molecule has 0 spiro atoms. The number of carbonyl (C=O) groups excluding carboxylic acids is 2. The van der Waals surface area contributed by atoms with E-state index in [1.807, 2.05) is 6.08 Å². The lowest BCUT2D eigenvalue weighted by Gasteiger charge is -2.32. The van der Waals surface area contributed by atoms with Gasteiger partial charge in [0.25, 0.3) is 0 Å². The van der Waals surface area contributed by atoms with Crippen LogP contribution in [-0.4, -0.2) is 36.0 Å². The Labute approximate surface area is 76.2 Å². The highest BCUT2D eigenvalue weighted by atomic mass is 16.5. The summed E-state index contributed by atoms with van der Waals surface area (Å²) in [4.78, 5) is 24.2. The second-order valence-electron chi connectivity index (χ2n) is 3.28. The van der Waals surface area contributed by atoms with Crippen molar-refractivity contribution in [1.82, 2.24) is 4.90 Å². The summed E-state index contributed by atoms with van der Waals surface area (Å²) in [7, 11) is 1.33. The van der Waals surface area contributed by atoms with Crippen molar-refractivity contribution >= 4 is 11.9 Å². The van der Waals surface area contributed by atoms with Crippen LogP contribution in [0.2, 0.25) is 0 Å². The number of fused-ring (bicyclic) bond motifs is 2. The summed E-state index contributed by atoms with van der Waals surface area (Å²) in [5.74, 6) is 0.107. The largest absolute Gasteiger partial charge is 0.453 e. The highest BCUT2D eigenvalue weighted by Crippen LogP contribution is 2.28. The molecule has 1 amide bonds. The van der Waals surface area contributed by atoms with E-state index in [2.05, 4.69) is 4.74 Å². The van der Waals surface area contributed by atoms with Crippen LogP contribution in [0.3, 0.4) is 0 Å². The Kier molecular flexibility index (Phi) is 1.83. The fourth-order valence-electron chi connectivity index (χ4n) is 1.92. The van der Waals surface area contributed by atoms with Crippen LogP contribution in [0.25, 0.3) is 0 Å². The molecule has 2 atom stereocenters. The van der Waals surface area contributed by atoms with E-state index < -0.39 is 6.09 Å². The number of carbonyl (C=O) groups is 2. The van der Waals surface area contributed by atoms with Crippen LogP contribution in [0.4, 0.5) is 4.79 Å². The van der Waals surface area contributed by atoms with Gasteiger partial charge in [-0.25, -0.2) is 4.79 Å². The zero-order chi connectivity index (χ0) is 9.42. The van der Waals surface area contributed by atoms with Gasteiger partial charge in [0.15, 0.2) is 5.78 Å². The third-order valence-electron chi connectivity index (χ3n) is 2.57. The maximum absolute atomic E-state index is 11.4. The number of methoxy groups -OCH3 is 1. The van der Waals surface area contributed by atoms with E-state index in [0.717, 1.165) is 6.42 Å². The van der Waals surface area contributed by atoms with E-state index in [4.69, 9.17) is 0 Å². The topological polar surface area (TPSA) is 46.6 Å². The summed E-state index contributed by atoms with van der Waals surface area (Å²) in [6, 6.07) is -0.304. The number of ketones is 1. The molecule has 2 bridgehead atoms. The van der Waals surface area contributed by atoms with Crippen LogP contribution in [-0.2, 0) is 9.53 Å². The molecule has 0 aromatic heterocycles. The molecule has 4 heteroatoms. The molecule has 2 rings (SSSR count). The molecular weight excluding hydrogens is 170 g/mol. The average Bonchev–Trinajstić information content (AvgIpc) is 2.48. The summed E-state index contributed by atoms with van der Waals surface area (Å²) in [6.45, 7) is 0. The first kappa shape index (κ1) is 8.29. The van der Waals surface area contributed by atoms with Gasteiger partial charge in [-0.05, 0) is 6.42 Å². The van der Waals surface area contributed by atoms with Gasteiger partial charge in [0, 0.05) is 6.42 Å². The van der Waals surface area contributed by atoms with E-state index in [1.54, 1.807) is 6.08 Å². The fraction of sp³-hybridized carbons (Fsp3) is 0.556. The minimum Gasteiger partial charge on any atom is -0.453 e. The summed E-state index contributed by atoms with van der Waals surface area (Å²) in [6.07, 6.45) is 4.58. The first-order valence-corrected chi connectivity index (χ1v) is 4.31. The summed E-state index contributed by atoms with van der Waals surface area (Å²) in [5, 5.41) is 0. The van der Waals surface area contributed by atoms with Gasteiger partial charge in [0.05, 0.1) is 13.2 Å². The molecule has 0 aliphatic carbocycles. The van der Waals surface area contributed by atoms with Crippen molar-refractivity contribution < 1.29 is 14.3 Å². The first-order chi connectivity index (χ1) is 6.24. The second kappa shape index (κ2) is 2.87. The highest BCUT2D eigenvalue weighted by Gasteiger charge is 2.41. The Balaban J connectivity index is 2.23. The van der Waals surface area contributed by atoms with Crippen LogP contribution in [0, 0.1) is 0 Å². The Bertz CT molecular complexity index is 285. The lowest BCUT2D eigenvalue weighted by molar-refractivity contribution is -0.124. The number of nitrogens with zero attached hydrogens (tertiary/aromatic N) is 1. The van der Waals surface area contributed by atoms with Crippen LogP contribution in [0.5, 0.6) is 0 Å². The van der Waals surface area contributed by atoms with Gasteiger partial charge in [-0.1, -0.05) is 12.2 Å². The van der Waals surface area contributed by atoms with Crippen molar-refractivity contribution in [3.8, 4) is 0 Å². The SMILES string of the molecule is COC(=O)N1C2C=CC1C(=O)CC2. The molecule has 2 aliphatic heterocycles. The minimum absolute atomic E-state index is 0.0650. The number of hydrogen-bond donors (Lipinski definition) is 0. The van der Waals surface area contributed by atoms with Crippen LogP contribution in [0.1, 0.15) is 12.8 Å². The Morgan fingerprint density at radius 1 is 1.62 bits per heavy atom. The number of ether oxygens (including phenoxy) is 1. The minimum atomic E-state index is -0.409. The average molecular weight is 181 g/mol. The molecule has 2 heterocycles. The number of hydrogen-bond acceptors (Lipinski definition) is 3. The molecule has 0 radical (unpaired) electrons. The Hall–Kier alpha value is -1.32. The van der Waals surface area contributed by atoms with Crippen molar-refractivity contribution in [2.75, 3.05) is 7.11 Å². The summed E-state index contributed by atoms with van der Waals surface area (Å²) < 4.78 is 4.61. The van der Waals surface area contributed by atoms with Gasteiger partial charge in [0.2, 0.25) is 0 Å². The zero-order valence-corrected chi connectivity index (χ0v) is 7.40. The van der Waals surface area contributed by atoms with Gasteiger partial charge in [-0.15, -0.1) is 0 Å². The molecule has 70 valence electrons. The van der Waals surface area contributed by atoms with Crippen molar-refractivity contribution in [3.05, 3.63) is 12.2 Å². The number of Topliss-reactive ketones (excluding diaryl/α,β-unsaturated/α-hetero) is 1. The second-order valence-corrected chi connectivity index (χ2v) is 3.28. The van der Waals surface area contributed by atoms with Crippen LogP contribution >= 0.6 is 0 Å². The maximum atomic E-state index is 11.4. The molecule has 2 aliphatic rings. The lowest BCUT2D eigenvalue weighted by atomic mass is 10.0. The molecule has 2 unspecified atom stereocenters. The Morgan fingerprint density at radius 3 is 3.08 bits per heavy atom. The first-order valence-electron chi connectivity index (χ1n) is 4.31. The number of rotatable bonds is 0. The molecule has 13 heavy (non-hydrogen) atoms. The lowest BCUT2D eigenvalue weighted by Crippen LogP contribution is -2.49. The normalized spacial score (nSPS) is 30.8. The van der Waals surface area contributed by atoms with Crippen molar-refractivity contribution in [3.63, 3.8) is 0 Å². The highest BCUT2D eigenvalue weighted by molar-refractivity contribution is 5.91. The standard InChI is InChI=1S/C9H11NO3/c1-13-9(12)10-6-2-4-7(10)8(11)5-3-6/h2,4,6-7H,3,5H2,1H3. The molecular formula is C9H11NO3. The van der Waals surface area contributed by atoms with E-state index in [9.17, 15) is 9.59 Å². The van der Waals surface area contributed by atoms with Crippen molar-refractivity contribution in [2.24, 2.45) is 0 Å². The summed E-state index contributed by atoms with van der Waals surface area (Å²) in [5.41, 5.74) is 0. The van der Waals surface area contributed by atoms with E-state index in [0.29, 0.717) is 6.42 Å². The van der Waals surface area contributed by atoms with E-state index in [-0.39, 0.29) is 17.9 Å². The van der Waals surface area contributed by atoms with Crippen LogP contribution < -0.4 is 0 Å². The molecule has 1 saturated heterocycles. The molecule has 0 aromatic rings. The van der Waals surface area contributed by atoms with Gasteiger partial charge >= 0.3 is 6.09 Å². The predicted molar refractivity (Wildman–Crippen MR) is 45.2 cm³/mol. The number of amides is 1. The molecule has 4 nitrogen and oxygen atoms in total. The number of piperidine rings is 1. The quantitative estimate of drug-likeness (QED) is 0.517. The van der Waals surface area contributed by atoms with Gasteiger partial charge in [0.1, 0.15) is 6.04 Å². The van der Waals surface area contributed by atoms with Gasteiger partial charge in [-0.3, -0.25) is 9.69 Å². The third kappa shape index (κ3) is 1.13. The summed E-state index contributed by atoms with van der Waals surface area (Å²) >= 11 is 0. The van der Waals surface area contributed by atoms with E-state index in [1.165, 1.54) is 12.0 Å². The smallest absolute Gasteiger partial charge is 0.410 e. The van der Waals surface area contributed by atoms with Crippen molar-refractivity contribution in [1.29, 1.82) is 0 Å². The van der Waals surface area contributed by atoms with Gasteiger partial charge in [-0.2, -0.15) is 0 Å². The van der Waals surface area contributed by atoms with Crippen LogP contribution in [0.15, 0.2) is 12.2 Å². The molecule has 0 N–H and O–H groups in total. The molecule has 0 saturated carbocycles. The molecule has 1 fully saturated rings. The van der Waals surface area contributed by atoms with Gasteiger partial charge < -0.3 is 4.74 Å². The maximum Gasteiger partial charge on any atom is 0.410 e. The fourth-order valence-corrected chi connectivity index (χ4v) is 1.92. The van der Waals surface area contributed by atoms with E-state index >= 15 is 0 Å². The zero-order valence-electron chi connectivity index (χ0n) is 7.40.